The third-order valence-electron chi connectivity index (χ3n) is 2.05. The van der Waals surface area contributed by atoms with Crippen LogP contribution in [-0.4, -0.2) is 4.98 Å². The Morgan fingerprint density at radius 2 is 2.23 bits per heavy atom. The molecule has 13 heavy (non-hydrogen) atoms. The SMILES string of the molecule is CCCc1nc2cc(C)ccc2o1. The molecule has 68 valence electrons. The average molecular weight is 175 g/mol. The summed E-state index contributed by atoms with van der Waals surface area (Å²) in [5.41, 5.74) is 3.10. The summed E-state index contributed by atoms with van der Waals surface area (Å²) in [6, 6.07) is 6.08. The Morgan fingerprint density at radius 3 is 3.00 bits per heavy atom. The lowest BCUT2D eigenvalue weighted by atomic mass is 10.2. The fraction of sp³-hybridized carbons (Fsp3) is 0.364. The number of fused-ring (bicyclic) bond motifs is 1. The molecule has 0 aliphatic heterocycles. The van der Waals surface area contributed by atoms with Gasteiger partial charge in [-0.2, -0.15) is 0 Å². The van der Waals surface area contributed by atoms with Gasteiger partial charge in [0.25, 0.3) is 0 Å². The first-order chi connectivity index (χ1) is 6.29. The molecule has 0 amide bonds. The van der Waals surface area contributed by atoms with Crippen molar-refractivity contribution >= 4 is 11.1 Å². The molecule has 0 atom stereocenters. The van der Waals surface area contributed by atoms with Crippen molar-refractivity contribution < 1.29 is 4.42 Å². The summed E-state index contributed by atoms with van der Waals surface area (Å²) in [5, 5.41) is 0. The summed E-state index contributed by atoms with van der Waals surface area (Å²) in [7, 11) is 0. The third kappa shape index (κ3) is 1.57. The van der Waals surface area contributed by atoms with Crippen LogP contribution in [0.3, 0.4) is 0 Å². The molecule has 0 bridgehead atoms. The molecule has 0 saturated carbocycles. The Balaban J connectivity index is 2.49. The van der Waals surface area contributed by atoms with E-state index in [0.29, 0.717) is 0 Å². The van der Waals surface area contributed by atoms with Gasteiger partial charge in [-0.3, -0.25) is 0 Å². The zero-order valence-electron chi connectivity index (χ0n) is 8.00. The second kappa shape index (κ2) is 3.21. The number of benzene rings is 1. The summed E-state index contributed by atoms with van der Waals surface area (Å²) >= 11 is 0. The minimum atomic E-state index is 0.850. The van der Waals surface area contributed by atoms with Crippen LogP contribution in [0.1, 0.15) is 24.8 Å². The van der Waals surface area contributed by atoms with Crippen molar-refractivity contribution in [3.8, 4) is 0 Å². The topological polar surface area (TPSA) is 26.0 Å². The molecule has 0 saturated heterocycles. The minimum Gasteiger partial charge on any atom is -0.441 e. The Hall–Kier alpha value is -1.31. The summed E-state index contributed by atoms with van der Waals surface area (Å²) < 4.78 is 5.55. The van der Waals surface area contributed by atoms with Crippen molar-refractivity contribution in [2.45, 2.75) is 26.7 Å². The van der Waals surface area contributed by atoms with Crippen molar-refractivity contribution in [1.29, 1.82) is 0 Å². The lowest BCUT2D eigenvalue weighted by Gasteiger charge is -1.87. The molecule has 1 heterocycles. The third-order valence-corrected chi connectivity index (χ3v) is 2.05. The van der Waals surface area contributed by atoms with E-state index in [4.69, 9.17) is 4.42 Å². The lowest BCUT2D eigenvalue weighted by molar-refractivity contribution is 0.525. The Labute approximate surface area is 77.6 Å². The van der Waals surface area contributed by atoms with E-state index in [9.17, 15) is 0 Å². The molecule has 0 unspecified atom stereocenters. The Kier molecular flexibility index (Phi) is 2.05. The monoisotopic (exact) mass is 175 g/mol. The molecule has 2 aromatic rings. The highest BCUT2D eigenvalue weighted by Gasteiger charge is 2.03. The van der Waals surface area contributed by atoms with Gasteiger partial charge < -0.3 is 4.42 Å². The molecule has 0 spiro atoms. The number of nitrogens with zero attached hydrogens (tertiary/aromatic N) is 1. The van der Waals surface area contributed by atoms with E-state index in [1.807, 2.05) is 12.1 Å². The molecular formula is C11H13NO. The smallest absolute Gasteiger partial charge is 0.195 e. The van der Waals surface area contributed by atoms with Gasteiger partial charge in [0.2, 0.25) is 0 Å². The maximum atomic E-state index is 5.55. The van der Waals surface area contributed by atoms with Gasteiger partial charge in [-0.25, -0.2) is 4.98 Å². The van der Waals surface area contributed by atoms with Gasteiger partial charge in [0, 0.05) is 6.42 Å². The number of oxazole rings is 1. The van der Waals surface area contributed by atoms with Gasteiger partial charge in [0.15, 0.2) is 11.5 Å². The predicted octanol–water partition coefficient (Wildman–Crippen LogP) is 3.09. The molecule has 0 fully saturated rings. The molecule has 0 radical (unpaired) electrons. The van der Waals surface area contributed by atoms with Crippen LogP contribution in [0.2, 0.25) is 0 Å². The van der Waals surface area contributed by atoms with Crippen molar-refractivity contribution in [2.24, 2.45) is 0 Å². The van der Waals surface area contributed by atoms with Gasteiger partial charge in [-0.1, -0.05) is 13.0 Å². The first-order valence-electron chi connectivity index (χ1n) is 4.65. The van der Waals surface area contributed by atoms with E-state index in [1.54, 1.807) is 0 Å². The van der Waals surface area contributed by atoms with Crippen LogP contribution in [0.5, 0.6) is 0 Å². The maximum Gasteiger partial charge on any atom is 0.195 e. The summed E-state index contributed by atoms with van der Waals surface area (Å²) in [6.45, 7) is 4.19. The van der Waals surface area contributed by atoms with Crippen molar-refractivity contribution in [3.63, 3.8) is 0 Å². The normalized spacial score (nSPS) is 10.9. The van der Waals surface area contributed by atoms with Crippen molar-refractivity contribution in [1.82, 2.24) is 4.98 Å². The van der Waals surface area contributed by atoms with E-state index in [2.05, 4.69) is 24.9 Å². The summed E-state index contributed by atoms with van der Waals surface area (Å²) in [6.07, 6.45) is 2.00. The molecule has 1 aromatic carbocycles. The molecule has 2 rings (SSSR count). The molecule has 1 aromatic heterocycles. The molecular weight excluding hydrogens is 162 g/mol. The Morgan fingerprint density at radius 1 is 1.38 bits per heavy atom. The standard InChI is InChI=1S/C11H13NO/c1-3-4-11-12-9-7-8(2)5-6-10(9)13-11/h5-7H,3-4H2,1-2H3. The van der Waals surface area contributed by atoms with Gasteiger partial charge >= 0.3 is 0 Å². The molecule has 0 aliphatic carbocycles. The molecule has 0 aliphatic rings. The highest BCUT2D eigenvalue weighted by atomic mass is 16.3. The van der Waals surface area contributed by atoms with Gasteiger partial charge in [0.05, 0.1) is 0 Å². The summed E-state index contributed by atoms with van der Waals surface area (Å²) in [4.78, 5) is 4.40. The number of hydrogen-bond acceptors (Lipinski definition) is 2. The first kappa shape index (κ1) is 8.30. The van der Waals surface area contributed by atoms with Crippen LogP contribution in [0, 0.1) is 6.92 Å². The van der Waals surface area contributed by atoms with Crippen LogP contribution >= 0.6 is 0 Å². The first-order valence-corrected chi connectivity index (χ1v) is 4.65. The average Bonchev–Trinajstić information content (AvgIpc) is 2.46. The zero-order valence-corrected chi connectivity index (χ0v) is 8.00. The van der Waals surface area contributed by atoms with E-state index >= 15 is 0 Å². The van der Waals surface area contributed by atoms with E-state index in [0.717, 1.165) is 29.8 Å². The highest BCUT2D eigenvalue weighted by molar-refractivity contribution is 5.73. The van der Waals surface area contributed by atoms with Crippen LogP contribution in [0.4, 0.5) is 0 Å². The van der Waals surface area contributed by atoms with Crippen molar-refractivity contribution in [3.05, 3.63) is 29.7 Å². The number of aromatic nitrogens is 1. The van der Waals surface area contributed by atoms with Crippen LogP contribution in [0.15, 0.2) is 22.6 Å². The van der Waals surface area contributed by atoms with Crippen LogP contribution in [-0.2, 0) is 6.42 Å². The second-order valence-corrected chi connectivity index (χ2v) is 3.33. The van der Waals surface area contributed by atoms with E-state index < -0.39 is 0 Å². The largest absolute Gasteiger partial charge is 0.441 e. The van der Waals surface area contributed by atoms with Crippen LogP contribution in [0.25, 0.3) is 11.1 Å². The van der Waals surface area contributed by atoms with Crippen molar-refractivity contribution in [2.75, 3.05) is 0 Å². The lowest BCUT2D eigenvalue weighted by Crippen LogP contribution is -1.80. The fourth-order valence-corrected chi connectivity index (χ4v) is 1.41. The van der Waals surface area contributed by atoms with E-state index in [1.165, 1.54) is 5.56 Å². The number of hydrogen-bond donors (Lipinski definition) is 0. The number of aryl methyl sites for hydroxylation is 2. The minimum absolute atomic E-state index is 0.850. The Bertz CT molecular complexity index is 417. The predicted molar refractivity (Wildman–Crippen MR) is 52.7 cm³/mol. The highest BCUT2D eigenvalue weighted by Crippen LogP contribution is 2.17. The summed E-state index contributed by atoms with van der Waals surface area (Å²) in [5.74, 6) is 0.850. The van der Waals surface area contributed by atoms with Gasteiger partial charge in [0.1, 0.15) is 5.52 Å². The molecule has 0 N–H and O–H groups in total. The van der Waals surface area contributed by atoms with E-state index in [-0.39, 0.29) is 0 Å². The quantitative estimate of drug-likeness (QED) is 0.701. The van der Waals surface area contributed by atoms with Gasteiger partial charge in [-0.15, -0.1) is 0 Å². The molecule has 2 nitrogen and oxygen atoms in total. The number of rotatable bonds is 2. The second-order valence-electron chi connectivity index (χ2n) is 3.33. The maximum absolute atomic E-state index is 5.55. The fourth-order valence-electron chi connectivity index (χ4n) is 1.41. The molecule has 2 heteroatoms. The van der Waals surface area contributed by atoms with Crippen LogP contribution < -0.4 is 0 Å². The zero-order chi connectivity index (χ0) is 9.26. The van der Waals surface area contributed by atoms with Gasteiger partial charge in [-0.05, 0) is 31.0 Å².